The van der Waals surface area contributed by atoms with Gasteiger partial charge in [-0.25, -0.2) is 14.4 Å². The lowest BCUT2D eigenvalue weighted by molar-refractivity contribution is 0.122. The first-order chi connectivity index (χ1) is 17.6. The molecular weight excluding hydrogens is 455 g/mol. The van der Waals surface area contributed by atoms with Gasteiger partial charge in [0.05, 0.1) is 30.1 Å². The molecule has 186 valence electrons. The van der Waals surface area contributed by atoms with E-state index in [1.807, 2.05) is 30.5 Å². The second-order valence-corrected chi connectivity index (χ2v) is 9.18. The molecule has 0 saturated carbocycles. The van der Waals surface area contributed by atoms with Gasteiger partial charge in [-0.2, -0.15) is 0 Å². The number of methoxy groups -OCH3 is 1. The number of ether oxygens (including phenoxy) is 2. The number of aromatic nitrogens is 2. The zero-order valence-electron chi connectivity index (χ0n) is 21.0. The number of benzene rings is 2. The Bertz CT molecular complexity index is 1360. The Labute approximate surface area is 211 Å². The summed E-state index contributed by atoms with van der Waals surface area (Å²) in [5.74, 6) is -0.337. The SMILES string of the molecule is CCC1=CC=NC(C(OC)c2ccc(F)c(-c3ncnc4cc(N5CCOCC5)ccc34)c2)=C(C)C1. The number of nitrogens with zero attached hydrogens (tertiary/aromatic N) is 4. The Balaban J connectivity index is 1.54. The molecule has 1 unspecified atom stereocenters. The molecular formula is C29H31FN4O2. The van der Waals surface area contributed by atoms with E-state index in [9.17, 15) is 0 Å². The van der Waals surface area contributed by atoms with Crippen LogP contribution in [0.25, 0.3) is 22.2 Å². The quantitative estimate of drug-likeness (QED) is 0.425. The van der Waals surface area contributed by atoms with Crippen molar-refractivity contribution in [2.24, 2.45) is 4.99 Å². The van der Waals surface area contributed by atoms with Gasteiger partial charge in [0.15, 0.2) is 0 Å². The zero-order valence-corrected chi connectivity index (χ0v) is 21.0. The predicted octanol–water partition coefficient (Wildman–Crippen LogP) is 6.04. The molecule has 2 aromatic carbocycles. The first-order valence-electron chi connectivity index (χ1n) is 12.4. The molecule has 5 rings (SSSR count). The normalized spacial score (nSPS) is 17.3. The van der Waals surface area contributed by atoms with Gasteiger partial charge in [0.2, 0.25) is 0 Å². The highest BCUT2D eigenvalue weighted by atomic mass is 19.1. The molecule has 36 heavy (non-hydrogen) atoms. The van der Waals surface area contributed by atoms with Crippen LogP contribution in [0.4, 0.5) is 10.1 Å². The summed E-state index contributed by atoms with van der Waals surface area (Å²) >= 11 is 0. The van der Waals surface area contributed by atoms with Gasteiger partial charge < -0.3 is 14.4 Å². The first kappa shape index (κ1) is 24.3. The number of morpholine rings is 1. The summed E-state index contributed by atoms with van der Waals surface area (Å²) < 4.78 is 26.6. The third kappa shape index (κ3) is 4.81. The number of aliphatic imine (C=N–C) groups is 1. The van der Waals surface area contributed by atoms with E-state index < -0.39 is 6.10 Å². The highest BCUT2D eigenvalue weighted by Crippen LogP contribution is 2.36. The van der Waals surface area contributed by atoms with Crippen LogP contribution in [0.1, 0.15) is 38.4 Å². The maximum absolute atomic E-state index is 15.2. The molecule has 1 saturated heterocycles. The summed E-state index contributed by atoms with van der Waals surface area (Å²) in [7, 11) is 1.66. The van der Waals surface area contributed by atoms with Crippen LogP contribution in [0.3, 0.4) is 0 Å². The first-order valence-corrected chi connectivity index (χ1v) is 12.4. The van der Waals surface area contributed by atoms with E-state index in [4.69, 9.17) is 14.5 Å². The fourth-order valence-electron chi connectivity index (χ4n) is 4.93. The number of rotatable bonds is 6. The van der Waals surface area contributed by atoms with E-state index in [0.29, 0.717) is 24.5 Å². The van der Waals surface area contributed by atoms with Crippen LogP contribution in [0.2, 0.25) is 0 Å². The molecule has 1 fully saturated rings. The fourth-order valence-corrected chi connectivity index (χ4v) is 4.93. The molecule has 1 atom stereocenters. The number of allylic oxidation sites excluding steroid dienone is 3. The molecule has 0 radical (unpaired) electrons. The van der Waals surface area contributed by atoms with Gasteiger partial charge in [-0.1, -0.05) is 18.6 Å². The highest BCUT2D eigenvalue weighted by molar-refractivity contribution is 5.94. The summed E-state index contributed by atoms with van der Waals surface area (Å²) in [6, 6.07) is 11.2. The standard InChI is InChI=1S/C29H31FN4O2/c1-4-20-9-10-31-27(19(2)15-20)29(35-3)21-5-8-25(30)24(16-21)28-23-7-6-22(17-26(23)32-18-33-28)34-11-13-36-14-12-34/h5-10,16-18,29H,4,11-15H2,1-3H3. The van der Waals surface area contributed by atoms with Crippen LogP contribution >= 0.6 is 0 Å². The highest BCUT2D eigenvalue weighted by Gasteiger charge is 2.22. The van der Waals surface area contributed by atoms with Gasteiger partial charge in [0.1, 0.15) is 18.2 Å². The van der Waals surface area contributed by atoms with E-state index in [2.05, 4.69) is 34.8 Å². The monoisotopic (exact) mass is 486 g/mol. The van der Waals surface area contributed by atoms with Crippen LogP contribution in [-0.4, -0.2) is 49.6 Å². The molecule has 3 heterocycles. The minimum atomic E-state index is -0.411. The summed E-state index contributed by atoms with van der Waals surface area (Å²) in [6.45, 7) is 7.33. The van der Waals surface area contributed by atoms with Crippen molar-refractivity contribution in [1.82, 2.24) is 9.97 Å². The molecule has 0 aliphatic carbocycles. The number of hydrogen-bond acceptors (Lipinski definition) is 6. The Kier molecular flexibility index (Phi) is 7.20. The third-order valence-electron chi connectivity index (χ3n) is 6.94. The lowest BCUT2D eigenvalue weighted by Crippen LogP contribution is -2.36. The second kappa shape index (κ2) is 10.7. The largest absolute Gasteiger partial charge is 0.378 e. The van der Waals surface area contributed by atoms with Crippen molar-refractivity contribution < 1.29 is 13.9 Å². The molecule has 1 aromatic heterocycles. The smallest absolute Gasteiger partial charge is 0.132 e. The molecule has 2 aliphatic heterocycles. The van der Waals surface area contributed by atoms with Crippen molar-refractivity contribution in [2.75, 3.05) is 38.3 Å². The van der Waals surface area contributed by atoms with Crippen LogP contribution in [0.5, 0.6) is 0 Å². The number of halogens is 1. The zero-order chi connectivity index (χ0) is 25.1. The van der Waals surface area contributed by atoms with E-state index >= 15 is 4.39 Å². The van der Waals surface area contributed by atoms with Crippen LogP contribution in [0.15, 0.2) is 70.6 Å². The molecule has 0 bridgehead atoms. The predicted molar refractivity (Wildman–Crippen MR) is 142 cm³/mol. The fraction of sp³-hybridized carbons (Fsp3) is 0.345. The number of hydrogen-bond donors (Lipinski definition) is 0. The Hall–Kier alpha value is -3.42. The average molecular weight is 487 g/mol. The van der Waals surface area contributed by atoms with E-state index in [0.717, 1.165) is 59.4 Å². The Morgan fingerprint density at radius 3 is 2.72 bits per heavy atom. The molecule has 3 aromatic rings. The summed E-state index contributed by atoms with van der Waals surface area (Å²) in [6.07, 6.45) is 6.82. The van der Waals surface area contributed by atoms with Crippen LogP contribution in [0, 0.1) is 5.82 Å². The van der Waals surface area contributed by atoms with Gasteiger partial charge in [-0.3, -0.25) is 4.99 Å². The van der Waals surface area contributed by atoms with Crippen LogP contribution in [-0.2, 0) is 9.47 Å². The maximum Gasteiger partial charge on any atom is 0.132 e. The lowest BCUT2D eigenvalue weighted by atomic mass is 9.96. The maximum atomic E-state index is 15.2. The van der Waals surface area contributed by atoms with Gasteiger partial charge >= 0.3 is 0 Å². The minimum absolute atomic E-state index is 0.337. The minimum Gasteiger partial charge on any atom is -0.378 e. The average Bonchev–Trinajstić information content (AvgIpc) is 3.11. The second-order valence-electron chi connectivity index (χ2n) is 9.18. The third-order valence-corrected chi connectivity index (χ3v) is 6.94. The number of anilines is 1. The van der Waals surface area contributed by atoms with Gasteiger partial charge in [0, 0.05) is 43.1 Å². The van der Waals surface area contributed by atoms with E-state index in [1.54, 1.807) is 13.2 Å². The van der Waals surface area contributed by atoms with E-state index in [-0.39, 0.29) is 5.82 Å². The van der Waals surface area contributed by atoms with Crippen molar-refractivity contribution in [3.05, 3.63) is 77.0 Å². The van der Waals surface area contributed by atoms with Gasteiger partial charge in [-0.15, -0.1) is 0 Å². The Morgan fingerprint density at radius 2 is 1.94 bits per heavy atom. The van der Waals surface area contributed by atoms with Crippen molar-refractivity contribution in [2.45, 2.75) is 32.8 Å². The Morgan fingerprint density at radius 1 is 1.11 bits per heavy atom. The molecule has 6 nitrogen and oxygen atoms in total. The van der Waals surface area contributed by atoms with Crippen molar-refractivity contribution >= 4 is 22.8 Å². The summed E-state index contributed by atoms with van der Waals surface area (Å²) in [5, 5.41) is 0.805. The van der Waals surface area contributed by atoms with Crippen LogP contribution < -0.4 is 4.90 Å². The van der Waals surface area contributed by atoms with E-state index in [1.165, 1.54) is 18.0 Å². The van der Waals surface area contributed by atoms with Gasteiger partial charge in [0.25, 0.3) is 0 Å². The number of fused-ring (bicyclic) bond motifs is 1. The molecule has 2 aliphatic rings. The summed E-state index contributed by atoms with van der Waals surface area (Å²) in [5.41, 5.74) is 7.01. The van der Waals surface area contributed by atoms with Gasteiger partial charge in [-0.05, 0) is 67.3 Å². The molecule has 0 N–H and O–H groups in total. The molecule has 0 amide bonds. The molecule has 0 spiro atoms. The lowest BCUT2D eigenvalue weighted by Gasteiger charge is -2.29. The van der Waals surface area contributed by atoms with Crippen molar-refractivity contribution in [3.63, 3.8) is 0 Å². The molecule has 7 heteroatoms. The van der Waals surface area contributed by atoms with Crippen molar-refractivity contribution in [1.29, 1.82) is 0 Å². The van der Waals surface area contributed by atoms with Crippen molar-refractivity contribution in [3.8, 4) is 11.3 Å². The summed E-state index contributed by atoms with van der Waals surface area (Å²) in [4.78, 5) is 16.0. The topological polar surface area (TPSA) is 59.8 Å².